The van der Waals surface area contributed by atoms with Gasteiger partial charge in [-0.05, 0) is 28.8 Å². The number of nitrogens with zero attached hydrogens (tertiary/aromatic N) is 1. The molecule has 0 radical (unpaired) electrons. The molecule has 1 aliphatic rings. The van der Waals surface area contributed by atoms with Gasteiger partial charge in [-0.2, -0.15) is 0 Å². The van der Waals surface area contributed by atoms with Gasteiger partial charge in [-0.15, -0.1) is 0 Å². The van der Waals surface area contributed by atoms with Crippen LogP contribution in [0.25, 0.3) is 11.1 Å². The highest BCUT2D eigenvalue weighted by Gasteiger charge is 2.22. The lowest BCUT2D eigenvalue weighted by atomic mass is 10.00. The standard InChI is InChI=1S/C18H19NO2/c1-3-18(20)19-11-14-9-8-13(10-15(14)12-19)16-6-4-5-7-17(16)21-2/h4-10H,3,11-12H2,1-2H3. The van der Waals surface area contributed by atoms with Gasteiger partial charge in [0.15, 0.2) is 0 Å². The van der Waals surface area contributed by atoms with Crippen molar-refractivity contribution in [2.24, 2.45) is 0 Å². The molecule has 2 aromatic rings. The maximum atomic E-state index is 11.8. The zero-order valence-electron chi connectivity index (χ0n) is 12.4. The van der Waals surface area contributed by atoms with E-state index in [0.717, 1.165) is 23.4 Å². The summed E-state index contributed by atoms with van der Waals surface area (Å²) in [6, 6.07) is 14.4. The molecule has 2 aromatic carbocycles. The average molecular weight is 281 g/mol. The molecular weight excluding hydrogens is 262 g/mol. The third-order valence-electron chi connectivity index (χ3n) is 4.00. The van der Waals surface area contributed by atoms with Crippen molar-refractivity contribution in [1.29, 1.82) is 0 Å². The molecule has 1 heterocycles. The molecule has 1 aliphatic heterocycles. The number of carbonyl (C=O) groups excluding carboxylic acids is 1. The zero-order valence-corrected chi connectivity index (χ0v) is 12.4. The van der Waals surface area contributed by atoms with E-state index in [4.69, 9.17) is 4.74 Å². The Hall–Kier alpha value is -2.29. The van der Waals surface area contributed by atoms with Gasteiger partial charge >= 0.3 is 0 Å². The maximum absolute atomic E-state index is 11.8. The second-order valence-electron chi connectivity index (χ2n) is 5.29. The highest BCUT2D eigenvalue weighted by molar-refractivity contribution is 5.77. The lowest BCUT2D eigenvalue weighted by molar-refractivity contribution is -0.131. The van der Waals surface area contributed by atoms with Crippen molar-refractivity contribution < 1.29 is 9.53 Å². The van der Waals surface area contributed by atoms with Crippen LogP contribution in [0.3, 0.4) is 0 Å². The summed E-state index contributed by atoms with van der Waals surface area (Å²) in [6.07, 6.45) is 0.563. The van der Waals surface area contributed by atoms with E-state index in [1.54, 1.807) is 7.11 Å². The van der Waals surface area contributed by atoms with Crippen molar-refractivity contribution in [2.75, 3.05) is 7.11 Å². The Labute approximate surface area is 125 Å². The van der Waals surface area contributed by atoms with E-state index in [0.29, 0.717) is 13.0 Å². The van der Waals surface area contributed by atoms with Gasteiger partial charge in [-0.25, -0.2) is 0 Å². The molecule has 0 N–H and O–H groups in total. The molecule has 0 spiro atoms. The van der Waals surface area contributed by atoms with E-state index in [9.17, 15) is 4.79 Å². The molecule has 0 bridgehead atoms. The summed E-state index contributed by atoms with van der Waals surface area (Å²) in [4.78, 5) is 13.8. The first-order valence-corrected chi connectivity index (χ1v) is 7.26. The van der Waals surface area contributed by atoms with Crippen LogP contribution in [0.15, 0.2) is 42.5 Å². The van der Waals surface area contributed by atoms with Crippen LogP contribution in [-0.2, 0) is 17.9 Å². The van der Waals surface area contributed by atoms with E-state index < -0.39 is 0 Å². The summed E-state index contributed by atoms with van der Waals surface area (Å²) >= 11 is 0. The van der Waals surface area contributed by atoms with E-state index >= 15 is 0 Å². The smallest absolute Gasteiger partial charge is 0.222 e. The van der Waals surface area contributed by atoms with E-state index in [1.807, 2.05) is 30.0 Å². The van der Waals surface area contributed by atoms with Crippen LogP contribution in [0.4, 0.5) is 0 Å². The van der Waals surface area contributed by atoms with Crippen molar-refractivity contribution in [3.05, 3.63) is 53.6 Å². The highest BCUT2D eigenvalue weighted by atomic mass is 16.5. The fraction of sp³-hybridized carbons (Fsp3) is 0.278. The van der Waals surface area contributed by atoms with Gasteiger partial charge in [0.1, 0.15) is 5.75 Å². The van der Waals surface area contributed by atoms with Gasteiger partial charge in [0.05, 0.1) is 7.11 Å². The molecule has 0 aliphatic carbocycles. The van der Waals surface area contributed by atoms with Gasteiger partial charge in [0, 0.05) is 25.1 Å². The monoisotopic (exact) mass is 281 g/mol. The van der Waals surface area contributed by atoms with E-state index in [-0.39, 0.29) is 5.91 Å². The number of amides is 1. The van der Waals surface area contributed by atoms with E-state index in [2.05, 4.69) is 24.3 Å². The SMILES string of the molecule is CCC(=O)N1Cc2ccc(-c3ccccc3OC)cc2C1. The molecule has 1 amide bonds. The third-order valence-corrected chi connectivity index (χ3v) is 4.00. The number of para-hydroxylation sites is 1. The van der Waals surface area contributed by atoms with Crippen LogP contribution in [0.5, 0.6) is 5.75 Å². The van der Waals surface area contributed by atoms with Crippen LogP contribution in [0, 0.1) is 0 Å². The summed E-state index contributed by atoms with van der Waals surface area (Å²) in [6.45, 7) is 3.35. The van der Waals surface area contributed by atoms with Gasteiger partial charge in [-0.1, -0.05) is 37.3 Å². The Kier molecular flexibility index (Phi) is 3.65. The quantitative estimate of drug-likeness (QED) is 0.860. The Bertz CT molecular complexity index is 679. The van der Waals surface area contributed by atoms with Crippen molar-refractivity contribution >= 4 is 5.91 Å². The minimum absolute atomic E-state index is 0.213. The molecule has 3 nitrogen and oxygen atoms in total. The topological polar surface area (TPSA) is 29.5 Å². The van der Waals surface area contributed by atoms with Crippen LogP contribution >= 0.6 is 0 Å². The molecule has 21 heavy (non-hydrogen) atoms. The number of rotatable bonds is 3. The van der Waals surface area contributed by atoms with Gasteiger partial charge in [0.25, 0.3) is 0 Å². The first-order chi connectivity index (χ1) is 10.2. The fourth-order valence-electron chi connectivity index (χ4n) is 2.85. The summed E-state index contributed by atoms with van der Waals surface area (Å²) in [5, 5.41) is 0. The van der Waals surface area contributed by atoms with E-state index in [1.165, 1.54) is 11.1 Å². The zero-order chi connectivity index (χ0) is 14.8. The number of methoxy groups -OCH3 is 1. The second kappa shape index (κ2) is 5.60. The number of carbonyl (C=O) groups is 1. The van der Waals surface area contributed by atoms with Gasteiger partial charge in [0.2, 0.25) is 5.91 Å². The molecule has 3 rings (SSSR count). The van der Waals surface area contributed by atoms with Crippen LogP contribution < -0.4 is 4.74 Å². The number of benzene rings is 2. The number of hydrogen-bond acceptors (Lipinski definition) is 2. The van der Waals surface area contributed by atoms with Crippen LogP contribution in [0.2, 0.25) is 0 Å². The summed E-state index contributed by atoms with van der Waals surface area (Å²) in [5.41, 5.74) is 4.70. The lowest BCUT2D eigenvalue weighted by Gasteiger charge is -2.13. The summed E-state index contributed by atoms with van der Waals surface area (Å²) < 4.78 is 5.43. The first-order valence-electron chi connectivity index (χ1n) is 7.26. The fourth-order valence-corrected chi connectivity index (χ4v) is 2.85. The van der Waals surface area contributed by atoms with Crippen LogP contribution in [0.1, 0.15) is 24.5 Å². The van der Waals surface area contributed by atoms with Crippen molar-refractivity contribution in [2.45, 2.75) is 26.4 Å². The maximum Gasteiger partial charge on any atom is 0.222 e. The normalized spacial score (nSPS) is 13.1. The lowest BCUT2D eigenvalue weighted by Crippen LogP contribution is -2.23. The minimum Gasteiger partial charge on any atom is -0.496 e. The first kappa shape index (κ1) is 13.7. The predicted octanol–water partition coefficient (Wildman–Crippen LogP) is 3.61. The predicted molar refractivity (Wildman–Crippen MR) is 83.0 cm³/mol. The Morgan fingerprint density at radius 2 is 1.90 bits per heavy atom. The largest absolute Gasteiger partial charge is 0.496 e. The third kappa shape index (κ3) is 2.51. The molecule has 0 unspecified atom stereocenters. The van der Waals surface area contributed by atoms with Crippen molar-refractivity contribution in [1.82, 2.24) is 4.90 Å². The molecular formula is C18H19NO2. The number of ether oxygens (including phenoxy) is 1. The molecule has 3 heteroatoms. The van der Waals surface area contributed by atoms with Crippen LogP contribution in [-0.4, -0.2) is 17.9 Å². The van der Waals surface area contributed by atoms with Gasteiger partial charge in [-0.3, -0.25) is 4.79 Å². The van der Waals surface area contributed by atoms with Gasteiger partial charge < -0.3 is 9.64 Å². The average Bonchev–Trinajstić information content (AvgIpc) is 2.97. The Morgan fingerprint density at radius 1 is 1.14 bits per heavy atom. The minimum atomic E-state index is 0.213. The molecule has 0 saturated carbocycles. The molecule has 0 saturated heterocycles. The Balaban J connectivity index is 1.94. The number of hydrogen-bond donors (Lipinski definition) is 0. The molecule has 0 fully saturated rings. The number of fused-ring (bicyclic) bond motifs is 1. The second-order valence-corrected chi connectivity index (χ2v) is 5.29. The highest BCUT2D eigenvalue weighted by Crippen LogP contribution is 2.33. The summed E-state index contributed by atoms with van der Waals surface area (Å²) in [7, 11) is 1.69. The molecule has 0 aromatic heterocycles. The van der Waals surface area contributed by atoms with Crippen molar-refractivity contribution in [3.63, 3.8) is 0 Å². The molecule has 108 valence electrons. The molecule has 0 atom stereocenters. The van der Waals surface area contributed by atoms with Crippen molar-refractivity contribution in [3.8, 4) is 16.9 Å². The Morgan fingerprint density at radius 3 is 2.67 bits per heavy atom. The summed E-state index contributed by atoms with van der Waals surface area (Å²) in [5.74, 6) is 1.09.